The molecule has 40 heavy (non-hydrogen) atoms. The average molecular weight is 562 g/mol. The molecule has 10 heteroatoms. The van der Waals surface area contributed by atoms with Gasteiger partial charge in [0.1, 0.15) is 23.0 Å². The van der Waals surface area contributed by atoms with E-state index >= 15 is 0 Å². The fourth-order valence-corrected chi connectivity index (χ4v) is 5.77. The molecule has 1 heterocycles. The van der Waals surface area contributed by atoms with Crippen LogP contribution >= 0.6 is 0 Å². The van der Waals surface area contributed by atoms with E-state index in [4.69, 9.17) is 4.99 Å². The number of hydrogen-bond donors (Lipinski definition) is 1. The van der Waals surface area contributed by atoms with Crippen molar-refractivity contribution < 1.29 is 57.8 Å². The SMILES string of the molecule is C[C@H](c1ccc(C(=O)NCCC(=O)[O-])cc1)N1C(=O)C(c2cc(F)cc(F)c2)=NC12CCC(C(C)(C)C)CC2.[Na+]. The van der Waals surface area contributed by atoms with Crippen LogP contribution in [0.1, 0.15) is 87.3 Å². The molecule has 0 unspecified atom stereocenters. The zero-order chi connectivity index (χ0) is 28.5. The van der Waals surface area contributed by atoms with E-state index in [2.05, 4.69) is 26.1 Å². The van der Waals surface area contributed by atoms with Crippen molar-refractivity contribution in [1.82, 2.24) is 10.2 Å². The number of aliphatic imine (C=N–C) groups is 1. The molecule has 1 aliphatic heterocycles. The van der Waals surface area contributed by atoms with Gasteiger partial charge in [0.15, 0.2) is 0 Å². The Morgan fingerprint density at radius 3 is 2.20 bits per heavy atom. The van der Waals surface area contributed by atoms with Gasteiger partial charge in [0, 0.05) is 36.1 Å². The maximum absolute atomic E-state index is 14.1. The van der Waals surface area contributed by atoms with Crippen LogP contribution in [-0.2, 0) is 9.59 Å². The van der Waals surface area contributed by atoms with Gasteiger partial charge in [-0.1, -0.05) is 32.9 Å². The minimum absolute atomic E-state index is 0. The van der Waals surface area contributed by atoms with Gasteiger partial charge in [0.05, 0.1) is 6.04 Å². The van der Waals surface area contributed by atoms with Crippen LogP contribution in [0, 0.1) is 23.0 Å². The number of benzene rings is 2. The molecule has 1 fully saturated rings. The van der Waals surface area contributed by atoms with E-state index in [0.29, 0.717) is 24.3 Å². The smallest absolute Gasteiger partial charge is 0.550 e. The summed E-state index contributed by atoms with van der Waals surface area (Å²) in [6.45, 7) is 8.46. The number of carboxylic acids is 1. The number of hydrogen-bond acceptors (Lipinski definition) is 5. The molecule has 1 atom stereocenters. The van der Waals surface area contributed by atoms with Crippen LogP contribution in [-0.4, -0.2) is 40.6 Å². The summed E-state index contributed by atoms with van der Waals surface area (Å²) >= 11 is 0. The molecule has 4 rings (SSSR count). The standard InChI is InChI=1S/C30H35F2N3O4.Na/c1-18(19-5-7-20(8-6-19)27(38)33-14-11-25(36)37)35-28(39)26(21-15-23(31)17-24(32)16-21)34-30(35)12-9-22(10-13-30)29(2,3)4;/h5-8,15-18,22H,9-14H2,1-4H3,(H,33,38)(H,36,37);/q;+1/p-1/t18-,22?,30?;/m1./s1. The van der Waals surface area contributed by atoms with E-state index in [1.807, 2.05) is 6.92 Å². The van der Waals surface area contributed by atoms with Gasteiger partial charge < -0.3 is 20.1 Å². The van der Waals surface area contributed by atoms with Crippen LogP contribution in [0.3, 0.4) is 0 Å². The van der Waals surface area contributed by atoms with Crippen molar-refractivity contribution in [2.24, 2.45) is 16.3 Å². The van der Waals surface area contributed by atoms with Crippen molar-refractivity contribution in [3.05, 3.63) is 70.8 Å². The molecule has 0 saturated heterocycles. The van der Waals surface area contributed by atoms with E-state index in [0.717, 1.165) is 36.6 Å². The van der Waals surface area contributed by atoms with Gasteiger partial charge in [-0.05, 0) is 73.8 Å². The first-order chi connectivity index (χ1) is 18.3. The fraction of sp³-hybridized carbons (Fsp3) is 0.467. The van der Waals surface area contributed by atoms with E-state index < -0.39 is 35.2 Å². The second-order valence-corrected chi connectivity index (χ2v) is 11.6. The minimum atomic E-state index is -1.25. The summed E-state index contributed by atoms with van der Waals surface area (Å²) in [4.78, 5) is 43.5. The van der Waals surface area contributed by atoms with E-state index in [1.54, 1.807) is 29.2 Å². The Hall–Kier alpha value is -2.62. The second-order valence-electron chi connectivity index (χ2n) is 11.6. The number of nitrogens with zero attached hydrogens (tertiary/aromatic N) is 2. The monoisotopic (exact) mass is 561 g/mol. The number of carboxylic acid groups (broad SMARTS) is 1. The van der Waals surface area contributed by atoms with Crippen LogP contribution in [0.2, 0.25) is 0 Å². The van der Waals surface area contributed by atoms with E-state index in [9.17, 15) is 28.3 Å². The normalized spacial score (nSPS) is 21.6. The van der Waals surface area contributed by atoms with E-state index in [1.165, 1.54) is 0 Å². The minimum Gasteiger partial charge on any atom is -0.550 e. The molecule has 2 aromatic rings. The third-order valence-electron chi connectivity index (χ3n) is 7.99. The third kappa shape index (κ3) is 6.81. The summed E-state index contributed by atoms with van der Waals surface area (Å²) in [5, 5.41) is 13.1. The molecule has 208 valence electrons. The molecule has 2 aliphatic rings. The first kappa shape index (κ1) is 31.9. The molecule has 0 bridgehead atoms. The Kier molecular flexibility index (Phi) is 9.96. The Balaban J connectivity index is 0.00000441. The quantitative estimate of drug-likeness (QED) is 0.513. The molecular weight excluding hydrogens is 527 g/mol. The van der Waals surface area contributed by atoms with Crippen LogP contribution in [0.15, 0.2) is 47.5 Å². The van der Waals surface area contributed by atoms with Gasteiger partial charge in [0.25, 0.3) is 11.8 Å². The molecule has 0 aromatic heterocycles. The van der Waals surface area contributed by atoms with Gasteiger partial charge in [-0.25, -0.2) is 8.78 Å². The molecule has 1 N–H and O–H groups in total. The first-order valence-corrected chi connectivity index (χ1v) is 13.3. The van der Waals surface area contributed by atoms with Gasteiger partial charge >= 0.3 is 29.6 Å². The number of halogens is 2. The third-order valence-corrected chi connectivity index (χ3v) is 7.99. The summed E-state index contributed by atoms with van der Waals surface area (Å²) in [6.07, 6.45) is 2.70. The second kappa shape index (κ2) is 12.5. The molecule has 1 aliphatic carbocycles. The molecular formula is C30H34F2N3NaO4. The summed E-state index contributed by atoms with van der Waals surface area (Å²) in [7, 11) is 0. The van der Waals surface area contributed by atoms with Crippen LogP contribution < -0.4 is 40.0 Å². The number of aliphatic carboxylic acids is 1. The molecule has 1 saturated carbocycles. The molecule has 2 aromatic carbocycles. The van der Waals surface area contributed by atoms with Crippen LogP contribution in [0.5, 0.6) is 0 Å². The van der Waals surface area contributed by atoms with Crippen molar-refractivity contribution in [2.75, 3.05) is 6.54 Å². The predicted molar refractivity (Wildman–Crippen MR) is 141 cm³/mol. The van der Waals surface area contributed by atoms with Crippen molar-refractivity contribution in [1.29, 1.82) is 0 Å². The number of nitrogens with one attached hydrogen (secondary N) is 1. The largest absolute Gasteiger partial charge is 1.00 e. The summed E-state index contributed by atoms with van der Waals surface area (Å²) in [6, 6.07) is 9.34. The van der Waals surface area contributed by atoms with Crippen molar-refractivity contribution in [3.8, 4) is 0 Å². The fourth-order valence-electron chi connectivity index (χ4n) is 5.77. The number of amides is 2. The maximum Gasteiger partial charge on any atom is 1.00 e. The van der Waals surface area contributed by atoms with Gasteiger partial charge in [-0.3, -0.25) is 14.6 Å². The number of rotatable bonds is 7. The van der Waals surface area contributed by atoms with Gasteiger partial charge in [-0.15, -0.1) is 0 Å². The zero-order valence-electron chi connectivity index (χ0n) is 23.7. The number of carbonyl (C=O) groups excluding carboxylic acids is 3. The van der Waals surface area contributed by atoms with Crippen molar-refractivity contribution in [3.63, 3.8) is 0 Å². The topological polar surface area (TPSA) is 102 Å². The Morgan fingerprint density at radius 1 is 1.10 bits per heavy atom. The van der Waals surface area contributed by atoms with Crippen LogP contribution in [0.4, 0.5) is 8.78 Å². The predicted octanol–water partition coefficient (Wildman–Crippen LogP) is 1.16. The van der Waals surface area contributed by atoms with Gasteiger partial charge in [0.2, 0.25) is 0 Å². The van der Waals surface area contributed by atoms with Crippen molar-refractivity contribution in [2.45, 2.75) is 71.5 Å². The molecule has 7 nitrogen and oxygen atoms in total. The van der Waals surface area contributed by atoms with Crippen LogP contribution in [0.25, 0.3) is 0 Å². The maximum atomic E-state index is 14.1. The summed E-state index contributed by atoms with van der Waals surface area (Å²) in [5.41, 5.74) is 0.568. The summed E-state index contributed by atoms with van der Waals surface area (Å²) < 4.78 is 28.2. The average Bonchev–Trinajstić information content (AvgIpc) is 3.13. The van der Waals surface area contributed by atoms with Crippen molar-refractivity contribution >= 4 is 23.5 Å². The number of carbonyl (C=O) groups is 3. The molecule has 1 spiro atoms. The van der Waals surface area contributed by atoms with Gasteiger partial charge in [-0.2, -0.15) is 0 Å². The zero-order valence-corrected chi connectivity index (χ0v) is 25.7. The Bertz CT molecular complexity index is 1280. The Morgan fingerprint density at radius 2 is 1.68 bits per heavy atom. The summed E-state index contributed by atoms with van der Waals surface area (Å²) in [5.74, 6) is -3.13. The Labute approximate surface area is 255 Å². The first-order valence-electron chi connectivity index (χ1n) is 13.3. The molecule has 2 amide bonds. The molecule has 0 radical (unpaired) electrons. The van der Waals surface area contributed by atoms with E-state index in [-0.39, 0.29) is 65.1 Å².